The minimum atomic E-state index is -0.315. The second kappa shape index (κ2) is 5.53. The number of ether oxygens (including phenoxy) is 1. The first kappa shape index (κ1) is 13.7. The number of hydrogen-bond acceptors (Lipinski definition) is 3. The second-order valence-corrected chi connectivity index (χ2v) is 5.33. The molecule has 3 N–H and O–H groups in total. The number of halogens is 2. The van der Waals surface area contributed by atoms with Gasteiger partial charge in [0.1, 0.15) is 5.82 Å². The number of hydrogen-bond donors (Lipinski definition) is 2. The van der Waals surface area contributed by atoms with Crippen LogP contribution in [0.2, 0.25) is 5.02 Å². The van der Waals surface area contributed by atoms with E-state index in [4.69, 9.17) is 22.2 Å². The molecule has 0 bridgehead atoms. The van der Waals surface area contributed by atoms with Crippen molar-refractivity contribution in [1.29, 1.82) is 0 Å². The molecule has 2 atom stereocenters. The Bertz CT molecular complexity index is 421. The van der Waals surface area contributed by atoms with E-state index in [-0.39, 0.29) is 17.5 Å². The molecule has 1 aromatic carbocycles. The summed E-state index contributed by atoms with van der Waals surface area (Å²) >= 11 is 6.07. The molecular formula is C13H18ClFN2O. The van der Waals surface area contributed by atoms with Crippen LogP contribution in [0.25, 0.3) is 0 Å². The summed E-state index contributed by atoms with van der Waals surface area (Å²) in [5.74, 6) is 5.32. The zero-order valence-corrected chi connectivity index (χ0v) is 11.1. The predicted octanol–water partition coefficient (Wildman–Crippen LogP) is 2.42. The van der Waals surface area contributed by atoms with Gasteiger partial charge < -0.3 is 4.74 Å². The van der Waals surface area contributed by atoms with Crippen LogP contribution in [0, 0.1) is 5.82 Å². The fourth-order valence-corrected chi connectivity index (χ4v) is 2.64. The van der Waals surface area contributed by atoms with E-state index in [1.54, 1.807) is 6.07 Å². The maximum Gasteiger partial charge on any atom is 0.123 e. The van der Waals surface area contributed by atoms with E-state index in [1.165, 1.54) is 12.1 Å². The summed E-state index contributed by atoms with van der Waals surface area (Å²) in [6.45, 7) is 2.77. The van der Waals surface area contributed by atoms with Gasteiger partial charge in [0, 0.05) is 11.6 Å². The van der Waals surface area contributed by atoms with Crippen molar-refractivity contribution < 1.29 is 9.13 Å². The summed E-state index contributed by atoms with van der Waals surface area (Å²) < 4.78 is 19.0. The highest BCUT2D eigenvalue weighted by Gasteiger charge is 2.38. The molecule has 1 aliphatic heterocycles. The standard InChI is InChI=1S/C13H18ClFN2O/c1-13(5-2-6-18-13)12(17-16)8-9-7-10(15)3-4-11(9)14/h3-4,7,12,17H,2,5-6,8,16H2,1H3. The Hall–Kier alpha value is -0.680. The molecule has 0 aromatic heterocycles. The van der Waals surface area contributed by atoms with E-state index in [1.807, 2.05) is 6.92 Å². The number of benzene rings is 1. The highest BCUT2D eigenvalue weighted by Crippen LogP contribution is 2.31. The van der Waals surface area contributed by atoms with Crippen molar-refractivity contribution in [3.8, 4) is 0 Å². The quantitative estimate of drug-likeness (QED) is 0.654. The molecule has 2 rings (SSSR count). The van der Waals surface area contributed by atoms with Crippen molar-refractivity contribution in [2.75, 3.05) is 6.61 Å². The van der Waals surface area contributed by atoms with Crippen LogP contribution in [-0.4, -0.2) is 18.2 Å². The zero-order chi connectivity index (χ0) is 13.2. The SMILES string of the molecule is CC1(C(Cc2cc(F)ccc2Cl)NN)CCCO1. The Balaban J connectivity index is 2.17. The molecule has 1 heterocycles. The minimum Gasteiger partial charge on any atom is -0.374 e. The Morgan fingerprint density at radius 1 is 1.61 bits per heavy atom. The van der Waals surface area contributed by atoms with Gasteiger partial charge in [-0.05, 0) is 49.9 Å². The van der Waals surface area contributed by atoms with Crippen LogP contribution >= 0.6 is 11.6 Å². The molecule has 1 aromatic rings. The first-order valence-corrected chi connectivity index (χ1v) is 6.47. The van der Waals surface area contributed by atoms with Gasteiger partial charge in [-0.3, -0.25) is 11.3 Å². The third kappa shape index (κ3) is 2.83. The Morgan fingerprint density at radius 2 is 2.39 bits per heavy atom. The van der Waals surface area contributed by atoms with Crippen LogP contribution in [-0.2, 0) is 11.2 Å². The van der Waals surface area contributed by atoms with Crippen LogP contribution in [0.5, 0.6) is 0 Å². The largest absolute Gasteiger partial charge is 0.374 e. The van der Waals surface area contributed by atoms with Crippen molar-refractivity contribution in [3.63, 3.8) is 0 Å². The summed E-state index contributed by atoms with van der Waals surface area (Å²) in [7, 11) is 0. The van der Waals surface area contributed by atoms with E-state index in [9.17, 15) is 4.39 Å². The minimum absolute atomic E-state index is 0.0840. The fraction of sp³-hybridized carbons (Fsp3) is 0.538. The summed E-state index contributed by atoms with van der Waals surface area (Å²) in [5.41, 5.74) is 3.21. The number of nitrogens with one attached hydrogen (secondary N) is 1. The normalized spacial score (nSPS) is 25.3. The molecule has 0 saturated carbocycles. The van der Waals surface area contributed by atoms with E-state index in [0.29, 0.717) is 11.4 Å². The highest BCUT2D eigenvalue weighted by atomic mass is 35.5. The summed E-state index contributed by atoms with van der Waals surface area (Å²) in [6.07, 6.45) is 2.50. The zero-order valence-electron chi connectivity index (χ0n) is 10.4. The van der Waals surface area contributed by atoms with E-state index in [0.717, 1.165) is 25.0 Å². The van der Waals surface area contributed by atoms with Crippen LogP contribution in [0.3, 0.4) is 0 Å². The smallest absolute Gasteiger partial charge is 0.123 e. The fourth-order valence-electron chi connectivity index (χ4n) is 2.45. The molecule has 3 nitrogen and oxygen atoms in total. The highest BCUT2D eigenvalue weighted by molar-refractivity contribution is 6.31. The van der Waals surface area contributed by atoms with Gasteiger partial charge in [0.05, 0.1) is 11.6 Å². The molecular weight excluding hydrogens is 255 g/mol. The van der Waals surface area contributed by atoms with Gasteiger partial charge in [-0.1, -0.05) is 11.6 Å². The van der Waals surface area contributed by atoms with Crippen molar-refractivity contribution in [3.05, 3.63) is 34.6 Å². The molecule has 5 heteroatoms. The Labute approximate surface area is 111 Å². The van der Waals surface area contributed by atoms with Crippen molar-refractivity contribution in [2.45, 2.75) is 37.8 Å². The molecule has 0 aliphatic carbocycles. The lowest BCUT2D eigenvalue weighted by molar-refractivity contribution is -0.0115. The van der Waals surface area contributed by atoms with Gasteiger partial charge in [0.2, 0.25) is 0 Å². The third-order valence-corrected chi connectivity index (χ3v) is 3.99. The molecule has 100 valence electrons. The van der Waals surface area contributed by atoms with E-state index < -0.39 is 0 Å². The van der Waals surface area contributed by atoms with Gasteiger partial charge in [0.25, 0.3) is 0 Å². The van der Waals surface area contributed by atoms with Gasteiger partial charge in [-0.15, -0.1) is 0 Å². The van der Waals surface area contributed by atoms with E-state index >= 15 is 0 Å². The van der Waals surface area contributed by atoms with Crippen molar-refractivity contribution >= 4 is 11.6 Å². The summed E-state index contributed by atoms with van der Waals surface area (Å²) in [4.78, 5) is 0. The molecule has 1 aliphatic rings. The van der Waals surface area contributed by atoms with Gasteiger partial charge in [0.15, 0.2) is 0 Å². The molecule has 1 saturated heterocycles. The first-order chi connectivity index (χ1) is 8.55. The molecule has 0 amide bonds. The third-order valence-electron chi connectivity index (χ3n) is 3.62. The van der Waals surface area contributed by atoms with Gasteiger partial charge in [-0.2, -0.15) is 0 Å². The number of rotatable bonds is 4. The lowest BCUT2D eigenvalue weighted by Gasteiger charge is -2.33. The van der Waals surface area contributed by atoms with Crippen LogP contribution in [0.15, 0.2) is 18.2 Å². The predicted molar refractivity (Wildman–Crippen MR) is 69.8 cm³/mol. The number of hydrazine groups is 1. The number of nitrogens with two attached hydrogens (primary N) is 1. The monoisotopic (exact) mass is 272 g/mol. The van der Waals surface area contributed by atoms with Gasteiger partial charge in [-0.25, -0.2) is 4.39 Å². The van der Waals surface area contributed by atoms with Crippen LogP contribution in [0.1, 0.15) is 25.3 Å². The maximum absolute atomic E-state index is 13.2. The molecule has 1 fully saturated rings. The van der Waals surface area contributed by atoms with Crippen molar-refractivity contribution in [1.82, 2.24) is 5.43 Å². The lowest BCUT2D eigenvalue weighted by atomic mass is 9.89. The van der Waals surface area contributed by atoms with Crippen LogP contribution < -0.4 is 11.3 Å². The Morgan fingerprint density at radius 3 is 3.00 bits per heavy atom. The van der Waals surface area contributed by atoms with E-state index in [2.05, 4.69) is 5.43 Å². The second-order valence-electron chi connectivity index (χ2n) is 4.92. The summed E-state index contributed by atoms with van der Waals surface area (Å²) in [5, 5.41) is 0.554. The first-order valence-electron chi connectivity index (χ1n) is 6.09. The molecule has 0 spiro atoms. The maximum atomic E-state index is 13.2. The topological polar surface area (TPSA) is 47.3 Å². The summed E-state index contributed by atoms with van der Waals surface area (Å²) in [6, 6.07) is 4.28. The lowest BCUT2D eigenvalue weighted by Crippen LogP contribution is -2.52. The molecule has 0 radical (unpaired) electrons. The van der Waals surface area contributed by atoms with Crippen LogP contribution in [0.4, 0.5) is 4.39 Å². The molecule has 18 heavy (non-hydrogen) atoms. The van der Waals surface area contributed by atoms with Gasteiger partial charge >= 0.3 is 0 Å². The van der Waals surface area contributed by atoms with Crippen molar-refractivity contribution in [2.24, 2.45) is 5.84 Å². The molecule has 2 unspecified atom stereocenters. The average molecular weight is 273 g/mol. The average Bonchev–Trinajstić information content (AvgIpc) is 2.78. The Kier molecular flexibility index (Phi) is 4.22.